The first-order valence-corrected chi connectivity index (χ1v) is 11.9. The Morgan fingerprint density at radius 1 is 0.938 bits per heavy atom. The van der Waals surface area contributed by atoms with Crippen molar-refractivity contribution in [2.24, 2.45) is 0 Å². The van der Waals surface area contributed by atoms with Gasteiger partial charge in [-0.1, -0.05) is 42.7 Å². The number of carbonyl (C=O) groups excluding carboxylic acids is 5. The van der Waals surface area contributed by atoms with Gasteiger partial charge in [0, 0.05) is 25.1 Å². The van der Waals surface area contributed by atoms with Gasteiger partial charge < -0.3 is 4.84 Å². The minimum atomic E-state index is -4.34. The standard InChI is InChI=1S/C20H27N2O9S/c1-30-32(28,29)15-14-18(25)22(20(15)27)31-19(26)10-8-6-4-2-3-5-7-9-13-21-16(23)11-12-17(21)24/h11-12,15H,1-10,13-14H2/q+1. The van der Waals surface area contributed by atoms with Crippen LogP contribution in [0.25, 0.3) is 0 Å². The predicted octanol–water partition coefficient (Wildman–Crippen LogP) is 1.15. The molecule has 0 spiro atoms. The third kappa shape index (κ3) is 6.89. The van der Waals surface area contributed by atoms with Crippen LogP contribution in [0.1, 0.15) is 64.2 Å². The van der Waals surface area contributed by atoms with E-state index in [1.54, 1.807) is 0 Å². The van der Waals surface area contributed by atoms with Crippen molar-refractivity contribution in [3.63, 3.8) is 0 Å². The molecule has 2 rings (SSSR count). The largest absolute Gasteiger partial charge is 0.333 e. The van der Waals surface area contributed by atoms with Crippen LogP contribution in [0.4, 0.5) is 0 Å². The maximum absolute atomic E-state index is 12.0. The number of rotatable bonds is 14. The summed E-state index contributed by atoms with van der Waals surface area (Å²) in [6.07, 6.45) is 8.65. The predicted molar refractivity (Wildman–Crippen MR) is 109 cm³/mol. The van der Waals surface area contributed by atoms with Crippen molar-refractivity contribution < 1.29 is 41.4 Å². The molecule has 32 heavy (non-hydrogen) atoms. The van der Waals surface area contributed by atoms with Crippen molar-refractivity contribution in [2.75, 3.05) is 6.54 Å². The highest BCUT2D eigenvalue weighted by molar-refractivity contribution is 7.88. The zero-order valence-electron chi connectivity index (χ0n) is 17.7. The molecule has 0 aromatic carbocycles. The molecule has 4 amide bonds. The second-order valence-corrected chi connectivity index (χ2v) is 9.32. The molecule has 0 aromatic heterocycles. The van der Waals surface area contributed by atoms with E-state index in [9.17, 15) is 32.4 Å². The third-order valence-corrected chi connectivity index (χ3v) is 6.57. The van der Waals surface area contributed by atoms with Gasteiger partial charge in [0.2, 0.25) is 7.11 Å². The fraction of sp³-hybridized carbons (Fsp3) is 0.600. The lowest BCUT2D eigenvalue weighted by atomic mass is 10.1. The fourth-order valence-electron chi connectivity index (χ4n) is 3.38. The van der Waals surface area contributed by atoms with Gasteiger partial charge in [0.05, 0.1) is 6.42 Å². The van der Waals surface area contributed by atoms with Crippen LogP contribution in [0, 0.1) is 7.11 Å². The molecular formula is C20H27N2O9S+. The molecule has 2 aliphatic heterocycles. The van der Waals surface area contributed by atoms with Gasteiger partial charge in [-0.25, -0.2) is 4.79 Å². The van der Waals surface area contributed by atoms with E-state index in [2.05, 4.69) is 11.3 Å². The molecule has 0 bridgehead atoms. The summed E-state index contributed by atoms with van der Waals surface area (Å²) in [5, 5.41) is -1.57. The van der Waals surface area contributed by atoms with Crippen LogP contribution in [-0.2, 0) is 43.1 Å². The van der Waals surface area contributed by atoms with Gasteiger partial charge in [0.25, 0.3) is 23.6 Å². The summed E-state index contributed by atoms with van der Waals surface area (Å²) in [7, 11) is -1.60. The summed E-state index contributed by atoms with van der Waals surface area (Å²) in [5.41, 5.74) is 0. The maximum atomic E-state index is 12.0. The summed E-state index contributed by atoms with van der Waals surface area (Å²) in [6, 6.07) is 0. The molecule has 176 valence electrons. The molecule has 0 N–H and O–H groups in total. The summed E-state index contributed by atoms with van der Waals surface area (Å²) in [6.45, 7) is 0.434. The van der Waals surface area contributed by atoms with E-state index in [1.165, 1.54) is 17.1 Å². The maximum Gasteiger partial charge on any atom is 0.333 e. The molecule has 1 atom stereocenters. The zero-order valence-corrected chi connectivity index (χ0v) is 18.5. The summed E-state index contributed by atoms with van der Waals surface area (Å²) >= 11 is 0. The van der Waals surface area contributed by atoms with E-state index in [1.807, 2.05) is 0 Å². The van der Waals surface area contributed by atoms with Crippen molar-refractivity contribution in [3.8, 4) is 0 Å². The fourth-order valence-corrected chi connectivity index (χ4v) is 4.24. The zero-order chi connectivity index (χ0) is 23.7. The number of nitrogens with zero attached hydrogens (tertiary/aromatic N) is 2. The van der Waals surface area contributed by atoms with Gasteiger partial charge in [-0.15, -0.1) is 5.06 Å². The molecule has 0 aliphatic carbocycles. The van der Waals surface area contributed by atoms with Crippen LogP contribution in [-0.4, -0.2) is 59.8 Å². The van der Waals surface area contributed by atoms with E-state index in [0.717, 1.165) is 44.9 Å². The van der Waals surface area contributed by atoms with Crippen LogP contribution in [0.15, 0.2) is 12.2 Å². The number of imide groups is 2. The third-order valence-electron chi connectivity index (χ3n) is 5.18. The number of carbonyl (C=O) groups is 5. The van der Waals surface area contributed by atoms with E-state index in [-0.39, 0.29) is 23.3 Å². The van der Waals surface area contributed by atoms with Crippen molar-refractivity contribution in [2.45, 2.75) is 69.5 Å². The Labute approximate surface area is 186 Å². The van der Waals surface area contributed by atoms with Crippen molar-refractivity contribution >= 4 is 39.7 Å². The Morgan fingerprint density at radius 3 is 2.03 bits per heavy atom. The second-order valence-electron chi connectivity index (χ2n) is 7.53. The van der Waals surface area contributed by atoms with Crippen LogP contribution in [0.5, 0.6) is 0 Å². The lowest BCUT2D eigenvalue weighted by molar-refractivity contribution is -0.197. The van der Waals surface area contributed by atoms with Crippen molar-refractivity contribution in [1.82, 2.24) is 9.96 Å². The van der Waals surface area contributed by atoms with Crippen LogP contribution < -0.4 is 0 Å². The van der Waals surface area contributed by atoms with E-state index in [4.69, 9.17) is 4.84 Å². The van der Waals surface area contributed by atoms with Gasteiger partial charge in [-0.3, -0.25) is 24.1 Å². The minimum Gasteiger partial charge on any atom is -0.330 e. The highest BCUT2D eigenvalue weighted by Gasteiger charge is 2.50. The first kappa shape index (κ1) is 25.5. The van der Waals surface area contributed by atoms with Gasteiger partial charge in [-0.2, -0.15) is 8.42 Å². The van der Waals surface area contributed by atoms with E-state index in [0.29, 0.717) is 13.0 Å². The lowest BCUT2D eigenvalue weighted by Gasteiger charge is -2.13. The van der Waals surface area contributed by atoms with Gasteiger partial charge >= 0.3 is 16.1 Å². The Hall–Kier alpha value is -2.73. The molecule has 11 nitrogen and oxygen atoms in total. The molecule has 1 fully saturated rings. The SMILES string of the molecule is [CH2+]OS(=O)(=O)C1CC(=O)N(OC(=O)CCCCCCCCCCN2C(=O)C=CC2=O)C1=O. The normalized spacial score (nSPS) is 18.8. The molecule has 12 heteroatoms. The number of hydroxylamine groups is 2. The smallest absolute Gasteiger partial charge is 0.330 e. The van der Waals surface area contributed by atoms with E-state index >= 15 is 0 Å². The molecule has 0 saturated carbocycles. The Balaban J connectivity index is 1.51. The molecule has 2 heterocycles. The average Bonchev–Trinajstić information content (AvgIpc) is 3.22. The molecule has 1 saturated heterocycles. The summed E-state index contributed by atoms with van der Waals surface area (Å²) in [5.74, 6) is -3.40. The first-order valence-electron chi connectivity index (χ1n) is 10.5. The Bertz CT molecular complexity index is 864. The van der Waals surface area contributed by atoms with Crippen molar-refractivity contribution in [1.29, 1.82) is 0 Å². The summed E-state index contributed by atoms with van der Waals surface area (Å²) in [4.78, 5) is 64.4. The van der Waals surface area contributed by atoms with Gasteiger partial charge in [0.1, 0.15) is 0 Å². The Kier molecular flexibility index (Phi) is 9.39. The average molecular weight is 472 g/mol. The topological polar surface area (TPSA) is 144 Å². The molecule has 2 aliphatic rings. The minimum absolute atomic E-state index is 0.00770. The second kappa shape index (κ2) is 11.8. The number of hydrogen-bond donors (Lipinski definition) is 0. The van der Waals surface area contributed by atoms with Gasteiger partial charge in [-0.05, 0) is 12.8 Å². The highest BCUT2D eigenvalue weighted by Crippen LogP contribution is 2.22. The lowest BCUT2D eigenvalue weighted by Crippen LogP contribution is -2.36. The Morgan fingerprint density at radius 2 is 1.47 bits per heavy atom. The number of amides is 4. The molecular weight excluding hydrogens is 444 g/mol. The van der Waals surface area contributed by atoms with Crippen LogP contribution >= 0.6 is 0 Å². The van der Waals surface area contributed by atoms with Crippen LogP contribution in [0.3, 0.4) is 0 Å². The van der Waals surface area contributed by atoms with Crippen molar-refractivity contribution in [3.05, 3.63) is 19.3 Å². The van der Waals surface area contributed by atoms with E-state index < -0.39 is 39.6 Å². The number of hydrogen-bond acceptors (Lipinski definition) is 9. The summed E-state index contributed by atoms with van der Waals surface area (Å²) < 4.78 is 27.2. The molecule has 0 radical (unpaired) electrons. The monoisotopic (exact) mass is 471 g/mol. The number of unbranched alkanes of at least 4 members (excludes halogenated alkanes) is 7. The van der Waals surface area contributed by atoms with Gasteiger partial charge in [0.15, 0.2) is 5.25 Å². The molecule has 1 unspecified atom stereocenters. The first-order chi connectivity index (χ1) is 15.2. The molecule has 0 aromatic rings. The van der Waals surface area contributed by atoms with Crippen LogP contribution in [0.2, 0.25) is 0 Å². The highest BCUT2D eigenvalue weighted by atomic mass is 32.2. The quantitative estimate of drug-likeness (QED) is 0.158.